The average molecular weight is 167 g/mol. The molecule has 2 aliphatic heterocycles. The van der Waals surface area contributed by atoms with Crippen molar-refractivity contribution in [2.45, 2.75) is 46.1 Å². The third kappa shape index (κ3) is 1.52. The molecule has 1 atom stereocenters. The number of hydrogen-bond donors (Lipinski definition) is 1. The normalized spacial score (nSPS) is 41.8. The van der Waals surface area contributed by atoms with E-state index in [0.717, 1.165) is 17.9 Å². The fraction of sp³-hybridized carbons (Fsp3) is 1.00. The van der Waals surface area contributed by atoms with E-state index in [1.807, 2.05) is 0 Å². The lowest BCUT2D eigenvalue weighted by Gasteiger charge is -2.34. The average Bonchev–Trinajstić information content (AvgIpc) is 2.11. The molecule has 1 heteroatoms. The van der Waals surface area contributed by atoms with Gasteiger partial charge in [-0.1, -0.05) is 20.8 Å². The summed E-state index contributed by atoms with van der Waals surface area (Å²) in [5, 5.41) is 3.67. The summed E-state index contributed by atoms with van der Waals surface area (Å²) in [4.78, 5) is 0. The van der Waals surface area contributed by atoms with Gasteiger partial charge in [-0.15, -0.1) is 0 Å². The maximum atomic E-state index is 3.67. The molecule has 70 valence electrons. The fourth-order valence-corrected chi connectivity index (χ4v) is 2.55. The van der Waals surface area contributed by atoms with Crippen LogP contribution in [0.4, 0.5) is 0 Å². The van der Waals surface area contributed by atoms with Gasteiger partial charge in [0.05, 0.1) is 0 Å². The highest BCUT2D eigenvalue weighted by atomic mass is 14.9. The van der Waals surface area contributed by atoms with E-state index in [0.29, 0.717) is 5.41 Å². The van der Waals surface area contributed by atoms with Crippen LogP contribution in [0, 0.1) is 17.3 Å². The van der Waals surface area contributed by atoms with Crippen LogP contribution in [0.2, 0.25) is 0 Å². The van der Waals surface area contributed by atoms with E-state index in [4.69, 9.17) is 0 Å². The first kappa shape index (κ1) is 8.55. The zero-order valence-electron chi connectivity index (χ0n) is 8.56. The van der Waals surface area contributed by atoms with Gasteiger partial charge in [-0.05, 0) is 43.1 Å². The van der Waals surface area contributed by atoms with E-state index in [1.165, 1.54) is 25.8 Å². The summed E-state index contributed by atoms with van der Waals surface area (Å²) in [7, 11) is 0. The Bertz CT molecular complexity index is 162. The largest absolute Gasteiger partial charge is 0.314 e. The molecule has 2 heterocycles. The van der Waals surface area contributed by atoms with Crippen molar-refractivity contribution in [1.82, 2.24) is 5.32 Å². The highest BCUT2D eigenvalue weighted by Crippen LogP contribution is 2.41. The first-order valence-corrected chi connectivity index (χ1v) is 5.29. The smallest absolute Gasteiger partial charge is 0.00724 e. The maximum absolute atomic E-state index is 3.67. The minimum atomic E-state index is 0.504. The second kappa shape index (κ2) is 2.73. The molecule has 1 aliphatic carbocycles. The van der Waals surface area contributed by atoms with E-state index in [9.17, 15) is 0 Å². The molecule has 1 N–H and O–H groups in total. The topological polar surface area (TPSA) is 12.0 Å². The number of nitrogens with one attached hydrogen (secondary N) is 1. The predicted molar refractivity (Wildman–Crippen MR) is 52.1 cm³/mol. The molecule has 3 aliphatic rings. The predicted octanol–water partition coefficient (Wildman–Crippen LogP) is 2.42. The Morgan fingerprint density at radius 1 is 1.08 bits per heavy atom. The summed E-state index contributed by atoms with van der Waals surface area (Å²) < 4.78 is 0. The molecule has 1 saturated carbocycles. The third-order valence-corrected chi connectivity index (χ3v) is 3.73. The summed E-state index contributed by atoms with van der Waals surface area (Å²) in [5.41, 5.74) is 0.504. The fourth-order valence-electron chi connectivity index (χ4n) is 2.55. The van der Waals surface area contributed by atoms with Crippen molar-refractivity contribution in [3.05, 3.63) is 0 Å². The molecule has 0 aromatic heterocycles. The molecule has 2 saturated heterocycles. The van der Waals surface area contributed by atoms with Crippen LogP contribution in [0.3, 0.4) is 0 Å². The Hall–Kier alpha value is -0.0400. The van der Waals surface area contributed by atoms with Crippen molar-refractivity contribution in [2.75, 3.05) is 6.54 Å². The molecule has 3 rings (SSSR count). The van der Waals surface area contributed by atoms with Crippen LogP contribution < -0.4 is 5.32 Å². The molecule has 12 heavy (non-hydrogen) atoms. The van der Waals surface area contributed by atoms with E-state index >= 15 is 0 Å². The zero-order chi connectivity index (χ0) is 8.77. The minimum Gasteiger partial charge on any atom is -0.314 e. The van der Waals surface area contributed by atoms with Gasteiger partial charge in [0, 0.05) is 6.04 Å². The van der Waals surface area contributed by atoms with Gasteiger partial charge < -0.3 is 5.32 Å². The Morgan fingerprint density at radius 2 is 1.75 bits per heavy atom. The molecule has 1 unspecified atom stereocenters. The SMILES string of the molecule is CC(C)(C)C1CNC2CC(C2)C1. The summed E-state index contributed by atoms with van der Waals surface area (Å²) >= 11 is 0. The summed E-state index contributed by atoms with van der Waals surface area (Å²) in [5.74, 6) is 1.95. The molecular weight excluding hydrogens is 146 g/mol. The van der Waals surface area contributed by atoms with Crippen LogP contribution in [0.25, 0.3) is 0 Å². The maximum Gasteiger partial charge on any atom is 0.00724 e. The summed E-state index contributed by atoms with van der Waals surface area (Å²) in [6.45, 7) is 8.39. The molecule has 0 amide bonds. The van der Waals surface area contributed by atoms with Gasteiger partial charge in [0.25, 0.3) is 0 Å². The van der Waals surface area contributed by atoms with Gasteiger partial charge >= 0.3 is 0 Å². The van der Waals surface area contributed by atoms with Gasteiger partial charge in [0.2, 0.25) is 0 Å². The highest BCUT2D eigenvalue weighted by Gasteiger charge is 2.38. The molecule has 0 spiro atoms. The Labute approximate surface area is 75.9 Å². The Balaban J connectivity index is 1.99. The van der Waals surface area contributed by atoms with Crippen molar-refractivity contribution in [3.8, 4) is 0 Å². The highest BCUT2D eigenvalue weighted by molar-refractivity contribution is 4.93. The summed E-state index contributed by atoms with van der Waals surface area (Å²) in [6, 6.07) is 0.877. The van der Waals surface area contributed by atoms with Crippen LogP contribution in [0.5, 0.6) is 0 Å². The van der Waals surface area contributed by atoms with Gasteiger partial charge in [-0.3, -0.25) is 0 Å². The molecule has 0 aromatic rings. The molecule has 2 bridgehead atoms. The Kier molecular flexibility index (Phi) is 1.95. The zero-order valence-corrected chi connectivity index (χ0v) is 8.56. The van der Waals surface area contributed by atoms with E-state index in [2.05, 4.69) is 26.1 Å². The van der Waals surface area contributed by atoms with Crippen LogP contribution >= 0.6 is 0 Å². The quantitative estimate of drug-likeness (QED) is 0.584. The first-order chi connectivity index (χ1) is 5.55. The molecule has 0 radical (unpaired) electrons. The monoisotopic (exact) mass is 167 g/mol. The first-order valence-electron chi connectivity index (χ1n) is 5.29. The van der Waals surface area contributed by atoms with Gasteiger partial charge in [0.1, 0.15) is 0 Å². The molecule has 1 nitrogen and oxygen atoms in total. The second-order valence-electron chi connectivity index (χ2n) is 5.74. The number of hydrogen-bond acceptors (Lipinski definition) is 1. The molecule has 0 aromatic carbocycles. The van der Waals surface area contributed by atoms with Crippen molar-refractivity contribution >= 4 is 0 Å². The lowest BCUT2D eigenvalue weighted by Crippen LogP contribution is -2.38. The van der Waals surface area contributed by atoms with Gasteiger partial charge in [-0.2, -0.15) is 0 Å². The second-order valence-corrected chi connectivity index (χ2v) is 5.74. The van der Waals surface area contributed by atoms with Gasteiger partial charge in [-0.25, -0.2) is 0 Å². The van der Waals surface area contributed by atoms with E-state index < -0.39 is 0 Å². The van der Waals surface area contributed by atoms with Crippen molar-refractivity contribution in [2.24, 2.45) is 17.3 Å². The van der Waals surface area contributed by atoms with Crippen molar-refractivity contribution < 1.29 is 0 Å². The third-order valence-electron chi connectivity index (χ3n) is 3.73. The van der Waals surface area contributed by atoms with E-state index in [1.54, 1.807) is 0 Å². The Morgan fingerprint density at radius 3 is 2.33 bits per heavy atom. The van der Waals surface area contributed by atoms with Gasteiger partial charge in [0.15, 0.2) is 0 Å². The number of fused-ring (bicyclic) bond motifs is 3. The van der Waals surface area contributed by atoms with Crippen LogP contribution in [0.15, 0.2) is 0 Å². The summed E-state index contributed by atoms with van der Waals surface area (Å²) in [6.07, 6.45) is 4.37. The van der Waals surface area contributed by atoms with Crippen LogP contribution in [0.1, 0.15) is 40.0 Å². The number of rotatable bonds is 0. The van der Waals surface area contributed by atoms with Crippen LogP contribution in [-0.4, -0.2) is 12.6 Å². The minimum absolute atomic E-state index is 0.504. The molecule has 3 fully saturated rings. The van der Waals surface area contributed by atoms with Crippen molar-refractivity contribution in [3.63, 3.8) is 0 Å². The lowest BCUT2D eigenvalue weighted by atomic mass is 9.71. The van der Waals surface area contributed by atoms with Crippen LogP contribution in [-0.2, 0) is 0 Å². The van der Waals surface area contributed by atoms with Crippen molar-refractivity contribution in [1.29, 1.82) is 0 Å². The van der Waals surface area contributed by atoms with E-state index in [-0.39, 0.29) is 0 Å². The lowest BCUT2D eigenvalue weighted by molar-refractivity contribution is 0.188. The molecular formula is C11H21N. The standard InChI is InChI=1S/C11H21N/c1-11(2,3)9-4-8-5-10(6-8)12-7-9/h8-10,12H,4-7H2,1-3H3.